The molecule has 1 heteroatoms. The van der Waals surface area contributed by atoms with Crippen LogP contribution in [-0.4, -0.2) is 6.61 Å². The van der Waals surface area contributed by atoms with Gasteiger partial charge in [-0.2, -0.15) is 0 Å². The second-order valence-corrected chi connectivity index (χ2v) is 1.58. The van der Waals surface area contributed by atoms with Crippen LogP contribution in [0.1, 0.15) is 20.3 Å². The van der Waals surface area contributed by atoms with E-state index in [4.69, 9.17) is 4.74 Å². The second kappa shape index (κ2) is 4.48. The van der Waals surface area contributed by atoms with Gasteiger partial charge in [-0.15, -0.1) is 0 Å². The molecule has 0 aliphatic heterocycles. The summed E-state index contributed by atoms with van der Waals surface area (Å²) in [5.74, 6) is 0.784. The van der Waals surface area contributed by atoms with E-state index in [0.717, 1.165) is 18.8 Å². The van der Waals surface area contributed by atoms with Gasteiger partial charge in [-0.3, -0.25) is 0 Å². The first-order chi connectivity index (χ1) is 3.81. The van der Waals surface area contributed by atoms with Crippen molar-refractivity contribution in [3.63, 3.8) is 0 Å². The number of hydrogen-bond donors (Lipinski definition) is 0. The fraction of sp³-hybridized carbons (Fsp3) is 0.571. The van der Waals surface area contributed by atoms with Crippen molar-refractivity contribution < 1.29 is 4.74 Å². The molecule has 0 fully saturated rings. The van der Waals surface area contributed by atoms with Crippen molar-refractivity contribution in [2.75, 3.05) is 6.61 Å². The molecule has 0 amide bonds. The van der Waals surface area contributed by atoms with Crippen molar-refractivity contribution in [3.05, 3.63) is 18.1 Å². The number of ether oxygens (including phenoxy) is 1. The van der Waals surface area contributed by atoms with Gasteiger partial charge < -0.3 is 4.74 Å². The molecule has 0 spiro atoms. The molecule has 0 rings (SSSR count). The highest BCUT2D eigenvalue weighted by Crippen LogP contribution is 1.91. The fourth-order valence-electron chi connectivity index (χ4n) is 0.306. The number of allylic oxidation sites excluding steroid dienone is 1. The minimum Gasteiger partial charge on any atom is -0.490 e. The lowest BCUT2D eigenvalue weighted by atomic mass is 10.5. The highest BCUT2D eigenvalue weighted by atomic mass is 16.5. The summed E-state index contributed by atoms with van der Waals surface area (Å²) in [6, 6.07) is 0. The van der Waals surface area contributed by atoms with E-state index in [1.807, 2.05) is 6.92 Å². The average Bonchev–Trinajstić information content (AvgIpc) is 1.83. The van der Waals surface area contributed by atoms with E-state index in [1.165, 1.54) is 0 Å². The van der Waals surface area contributed by atoms with Crippen LogP contribution < -0.4 is 0 Å². The Kier molecular flexibility index (Phi) is 4.10. The number of hydrogen-bond acceptors (Lipinski definition) is 1. The molecule has 8 heavy (non-hydrogen) atoms. The first-order valence-corrected chi connectivity index (χ1v) is 2.80. The van der Waals surface area contributed by atoms with Gasteiger partial charge in [0.05, 0.1) is 6.61 Å². The maximum Gasteiger partial charge on any atom is 0.134 e. The number of rotatable bonds is 3. The SMILES string of the molecule is C=C=C(C)OCCC. The van der Waals surface area contributed by atoms with Gasteiger partial charge in [0, 0.05) is 6.92 Å². The minimum atomic E-state index is 0.772. The quantitative estimate of drug-likeness (QED) is 0.401. The predicted octanol–water partition coefficient (Wildman–Crippen LogP) is 2.10. The summed E-state index contributed by atoms with van der Waals surface area (Å²) in [4.78, 5) is 0. The van der Waals surface area contributed by atoms with Crippen LogP contribution in [-0.2, 0) is 4.74 Å². The Balaban J connectivity index is 3.26. The van der Waals surface area contributed by atoms with Crippen LogP contribution in [0, 0.1) is 0 Å². The Morgan fingerprint density at radius 2 is 2.38 bits per heavy atom. The highest BCUT2D eigenvalue weighted by molar-refractivity contribution is 4.82. The van der Waals surface area contributed by atoms with Gasteiger partial charge in [-0.05, 0) is 6.42 Å². The van der Waals surface area contributed by atoms with Gasteiger partial charge in [0.1, 0.15) is 5.76 Å². The van der Waals surface area contributed by atoms with Gasteiger partial charge in [0.25, 0.3) is 0 Å². The van der Waals surface area contributed by atoms with Gasteiger partial charge in [0.15, 0.2) is 0 Å². The van der Waals surface area contributed by atoms with Crippen molar-refractivity contribution in [1.29, 1.82) is 0 Å². The minimum absolute atomic E-state index is 0.772. The third-order valence-corrected chi connectivity index (χ3v) is 0.772. The zero-order valence-corrected chi connectivity index (χ0v) is 5.53. The fourth-order valence-corrected chi connectivity index (χ4v) is 0.306. The van der Waals surface area contributed by atoms with Gasteiger partial charge in [0.2, 0.25) is 0 Å². The van der Waals surface area contributed by atoms with Crippen LogP contribution in [0.4, 0.5) is 0 Å². The maximum absolute atomic E-state index is 5.08. The lowest BCUT2D eigenvalue weighted by Gasteiger charge is -1.98. The summed E-state index contributed by atoms with van der Waals surface area (Å²) in [5.41, 5.74) is 2.64. The Hall–Kier alpha value is -0.680. The molecule has 0 aromatic rings. The standard InChI is InChI=1S/C7H12O/c1-4-6-8-7(3)5-2/h2,4,6H2,1,3H3. The summed E-state index contributed by atoms with van der Waals surface area (Å²) in [6.07, 6.45) is 1.04. The molecular formula is C7H12O. The molecule has 0 unspecified atom stereocenters. The molecule has 0 heterocycles. The maximum atomic E-state index is 5.08. The van der Waals surface area contributed by atoms with Crippen molar-refractivity contribution in [1.82, 2.24) is 0 Å². The molecule has 0 aliphatic rings. The van der Waals surface area contributed by atoms with Crippen molar-refractivity contribution >= 4 is 0 Å². The zero-order valence-electron chi connectivity index (χ0n) is 5.53. The Morgan fingerprint density at radius 3 is 2.75 bits per heavy atom. The van der Waals surface area contributed by atoms with Crippen LogP contribution in [0.2, 0.25) is 0 Å². The molecule has 0 aromatic heterocycles. The van der Waals surface area contributed by atoms with Crippen molar-refractivity contribution in [2.24, 2.45) is 0 Å². The van der Waals surface area contributed by atoms with E-state index in [1.54, 1.807) is 0 Å². The molecule has 0 saturated heterocycles. The first-order valence-electron chi connectivity index (χ1n) is 2.80. The Labute approximate surface area is 50.7 Å². The summed E-state index contributed by atoms with van der Waals surface area (Å²) >= 11 is 0. The van der Waals surface area contributed by atoms with Crippen LogP contribution in [0.25, 0.3) is 0 Å². The van der Waals surface area contributed by atoms with Crippen molar-refractivity contribution in [3.8, 4) is 0 Å². The molecule has 46 valence electrons. The van der Waals surface area contributed by atoms with Crippen LogP contribution in [0.3, 0.4) is 0 Å². The topological polar surface area (TPSA) is 9.23 Å². The molecule has 1 nitrogen and oxygen atoms in total. The molecular weight excluding hydrogens is 100 g/mol. The van der Waals surface area contributed by atoms with E-state index < -0.39 is 0 Å². The molecule has 0 atom stereocenters. The summed E-state index contributed by atoms with van der Waals surface area (Å²) < 4.78 is 5.08. The van der Waals surface area contributed by atoms with E-state index in [9.17, 15) is 0 Å². The summed E-state index contributed by atoms with van der Waals surface area (Å²) in [5, 5.41) is 0. The monoisotopic (exact) mass is 112 g/mol. The van der Waals surface area contributed by atoms with Crippen LogP contribution in [0.5, 0.6) is 0 Å². The van der Waals surface area contributed by atoms with Crippen molar-refractivity contribution in [2.45, 2.75) is 20.3 Å². The Morgan fingerprint density at radius 1 is 1.75 bits per heavy atom. The van der Waals surface area contributed by atoms with Crippen LogP contribution >= 0.6 is 0 Å². The highest BCUT2D eigenvalue weighted by Gasteiger charge is 1.81. The molecule has 0 N–H and O–H groups in total. The Bertz CT molecular complexity index is 99.0. The van der Waals surface area contributed by atoms with E-state index in [-0.39, 0.29) is 0 Å². The second-order valence-electron chi connectivity index (χ2n) is 1.58. The van der Waals surface area contributed by atoms with E-state index >= 15 is 0 Å². The summed E-state index contributed by atoms with van der Waals surface area (Å²) in [7, 11) is 0. The predicted molar refractivity (Wildman–Crippen MR) is 34.6 cm³/mol. The molecule has 0 saturated carbocycles. The zero-order chi connectivity index (χ0) is 6.41. The van der Waals surface area contributed by atoms with Gasteiger partial charge >= 0.3 is 0 Å². The van der Waals surface area contributed by atoms with Gasteiger partial charge in [-0.1, -0.05) is 19.2 Å². The lowest BCUT2D eigenvalue weighted by Crippen LogP contribution is -1.87. The third-order valence-electron chi connectivity index (χ3n) is 0.772. The van der Waals surface area contributed by atoms with Gasteiger partial charge in [-0.25, -0.2) is 0 Å². The molecule has 0 aliphatic carbocycles. The smallest absolute Gasteiger partial charge is 0.134 e. The molecule has 0 bridgehead atoms. The average molecular weight is 112 g/mol. The van der Waals surface area contributed by atoms with E-state index in [2.05, 4.69) is 19.2 Å². The van der Waals surface area contributed by atoms with Crippen LogP contribution in [0.15, 0.2) is 18.1 Å². The summed E-state index contributed by atoms with van der Waals surface area (Å²) in [6.45, 7) is 8.11. The molecule has 0 radical (unpaired) electrons. The largest absolute Gasteiger partial charge is 0.490 e. The lowest BCUT2D eigenvalue weighted by molar-refractivity contribution is 0.215. The molecule has 0 aromatic carbocycles. The van der Waals surface area contributed by atoms with E-state index in [0.29, 0.717) is 0 Å². The first kappa shape index (κ1) is 7.32. The normalized spacial score (nSPS) is 7.75. The third kappa shape index (κ3) is 3.51.